The number of hydrogen-bond donors (Lipinski definition) is 0. The summed E-state index contributed by atoms with van der Waals surface area (Å²) in [6.45, 7) is 1.96. The lowest BCUT2D eigenvalue weighted by Gasteiger charge is -2.35. The molecule has 1 aromatic rings. The van der Waals surface area contributed by atoms with Crippen LogP contribution in [0.5, 0.6) is 5.75 Å². The van der Waals surface area contributed by atoms with E-state index in [1.54, 1.807) is 0 Å². The third kappa shape index (κ3) is 3.31. The predicted molar refractivity (Wildman–Crippen MR) is 85.9 cm³/mol. The van der Waals surface area contributed by atoms with Crippen LogP contribution in [0, 0.1) is 5.82 Å². The van der Waals surface area contributed by atoms with Crippen molar-refractivity contribution in [1.82, 2.24) is 0 Å². The first-order valence-electron chi connectivity index (χ1n) is 7.49. The van der Waals surface area contributed by atoms with Gasteiger partial charge < -0.3 is 4.74 Å². The summed E-state index contributed by atoms with van der Waals surface area (Å²) in [5, 5.41) is 0.983. The molecule has 0 heterocycles. The second-order valence-corrected chi connectivity index (χ2v) is 6.68. The Kier molecular flexibility index (Phi) is 5.42. The molecule has 1 aliphatic carbocycles. The molecule has 1 atom stereocenters. The molecule has 0 N–H and O–H groups in total. The molecule has 116 valence electrons. The molecular weight excluding hydrogens is 335 g/mol. The highest BCUT2D eigenvalue weighted by atomic mass is 79.9. The molecule has 0 saturated carbocycles. The van der Waals surface area contributed by atoms with Crippen molar-refractivity contribution in [3.63, 3.8) is 0 Å². The molecule has 2 nitrogen and oxygen atoms in total. The number of rotatable bonds is 6. The summed E-state index contributed by atoms with van der Waals surface area (Å²) < 4.78 is 19.4. The summed E-state index contributed by atoms with van der Waals surface area (Å²) in [7, 11) is 1.53. The standard InChI is InChI=1S/C17H22BrFO2/c1-17(8-4-3-5-9-18)14-10-12(21-2)11-15(19)13(14)6-7-16(17)20/h10-11H,3-9H2,1-2H3/t17-/m1/s1. The molecule has 0 radical (unpaired) electrons. The quantitative estimate of drug-likeness (QED) is 0.551. The van der Waals surface area contributed by atoms with E-state index < -0.39 is 5.41 Å². The van der Waals surface area contributed by atoms with E-state index in [1.165, 1.54) is 13.2 Å². The number of carbonyl (C=O) groups is 1. The van der Waals surface area contributed by atoms with Crippen LogP contribution in [-0.2, 0) is 16.6 Å². The van der Waals surface area contributed by atoms with Gasteiger partial charge in [0.1, 0.15) is 17.3 Å². The number of benzene rings is 1. The number of hydrogen-bond acceptors (Lipinski definition) is 2. The lowest BCUT2D eigenvalue weighted by atomic mass is 9.67. The molecular formula is C17H22BrFO2. The monoisotopic (exact) mass is 356 g/mol. The summed E-state index contributed by atoms with van der Waals surface area (Å²) in [5.74, 6) is 0.470. The van der Waals surface area contributed by atoms with Gasteiger partial charge in [0.15, 0.2) is 0 Å². The van der Waals surface area contributed by atoms with Gasteiger partial charge in [-0.05, 0) is 43.4 Å². The molecule has 1 aliphatic rings. The number of unbranched alkanes of at least 4 members (excludes halogenated alkanes) is 2. The van der Waals surface area contributed by atoms with Gasteiger partial charge in [0, 0.05) is 17.8 Å². The van der Waals surface area contributed by atoms with Crippen LogP contribution in [-0.4, -0.2) is 18.2 Å². The lowest BCUT2D eigenvalue weighted by molar-refractivity contribution is -0.125. The van der Waals surface area contributed by atoms with Crippen LogP contribution in [0.4, 0.5) is 4.39 Å². The van der Waals surface area contributed by atoms with E-state index in [4.69, 9.17) is 4.74 Å². The van der Waals surface area contributed by atoms with Crippen LogP contribution in [0.3, 0.4) is 0 Å². The molecule has 0 aliphatic heterocycles. The Hall–Kier alpha value is -0.900. The number of methoxy groups -OCH3 is 1. The first-order valence-corrected chi connectivity index (χ1v) is 8.61. The van der Waals surface area contributed by atoms with Gasteiger partial charge >= 0.3 is 0 Å². The molecule has 0 unspecified atom stereocenters. The van der Waals surface area contributed by atoms with Gasteiger partial charge in [0.05, 0.1) is 12.5 Å². The lowest BCUT2D eigenvalue weighted by Crippen LogP contribution is -2.37. The van der Waals surface area contributed by atoms with E-state index in [2.05, 4.69) is 15.9 Å². The Morgan fingerprint density at radius 1 is 1.29 bits per heavy atom. The average molecular weight is 357 g/mol. The number of fused-ring (bicyclic) bond motifs is 1. The predicted octanol–water partition coefficient (Wildman–Crippen LogP) is 4.56. The van der Waals surface area contributed by atoms with Crippen molar-refractivity contribution >= 4 is 21.7 Å². The minimum atomic E-state index is -0.574. The Bertz CT molecular complexity index is 530. The highest BCUT2D eigenvalue weighted by molar-refractivity contribution is 9.09. The number of carbonyl (C=O) groups excluding carboxylic acids is 1. The van der Waals surface area contributed by atoms with Crippen LogP contribution in [0.2, 0.25) is 0 Å². The smallest absolute Gasteiger partial charge is 0.143 e. The van der Waals surface area contributed by atoms with Gasteiger partial charge in [0.25, 0.3) is 0 Å². The van der Waals surface area contributed by atoms with Crippen molar-refractivity contribution < 1.29 is 13.9 Å². The van der Waals surface area contributed by atoms with Gasteiger partial charge in [-0.15, -0.1) is 0 Å². The molecule has 0 bridgehead atoms. The molecule has 21 heavy (non-hydrogen) atoms. The molecule has 0 aromatic heterocycles. The minimum Gasteiger partial charge on any atom is -0.497 e. The fourth-order valence-electron chi connectivity index (χ4n) is 3.16. The van der Waals surface area contributed by atoms with Gasteiger partial charge in [-0.3, -0.25) is 4.79 Å². The highest BCUT2D eigenvalue weighted by Crippen LogP contribution is 2.41. The maximum atomic E-state index is 14.2. The number of Topliss-reactive ketones (excluding diaryl/α,β-unsaturated/α-hetero) is 1. The first kappa shape index (κ1) is 16.5. The number of halogens is 2. The highest BCUT2D eigenvalue weighted by Gasteiger charge is 2.40. The van der Waals surface area contributed by atoms with E-state index in [9.17, 15) is 9.18 Å². The molecule has 4 heteroatoms. The van der Waals surface area contributed by atoms with Crippen LogP contribution >= 0.6 is 15.9 Å². The summed E-state index contributed by atoms with van der Waals surface area (Å²) in [6, 6.07) is 3.26. The molecule has 0 saturated heterocycles. The van der Waals surface area contributed by atoms with Crippen LogP contribution in [0.1, 0.15) is 50.2 Å². The van der Waals surface area contributed by atoms with Gasteiger partial charge in [-0.2, -0.15) is 0 Å². The SMILES string of the molecule is COc1cc(F)c2c(c1)[C@@](C)(CCCCCBr)C(=O)CC2. The van der Waals surface area contributed by atoms with Crippen LogP contribution in [0.25, 0.3) is 0 Å². The van der Waals surface area contributed by atoms with Crippen molar-refractivity contribution in [2.45, 2.75) is 50.9 Å². The summed E-state index contributed by atoms with van der Waals surface area (Å²) in [6.07, 6.45) is 4.87. The van der Waals surface area contributed by atoms with E-state index >= 15 is 0 Å². The second kappa shape index (κ2) is 6.91. The maximum Gasteiger partial charge on any atom is 0.143 e. The Balaban J connectivity index is 2.33. The van der Waals surface area contributed by atoms with Crippen molar-refractivity contribution in [3.8, 4) is 5.75 Å². The Morgan fingerprint density at radius 3 is 2.71 bits per heavy atom. The molecule has 1 aromatic carbocycles. The fraction of sp³-hybridized carbons (Fsp3) is 0.588. The van der Waals surface area contributed by atoms with Crippen molar-refractivity contribution in [2.75, 3.05) is 12.4 Å². The van der Waals surface area contributed by atoms with E-state index in [0.717, 1.165) is 36.6 Å². The first-order chi connectivity index (χ1) is 10.0. The van der Waals surface area contributed by atoms with Crippen LogP contribution < -0.4 is 4.74 Å². The summed E-state index contributed by atoms with van der Waals surface area (Å²) in [5.41, 5.74) is 0.947. The normalized spacial score (nSPS) is 21.2. The van der Waals surface area contributed by atoms with E-state index in [0.29, 0.717) is 24.2 Å². The topological polar surface area (TPSA) is 26.3 Å². The van der Waals surface area contributed by atoms with Gasteiger partial charge in [0.2, 0.25) is 0 Å². The largest absolute Gasteiger partial charge is 0.497 e. The van der Waals surface area contributed by atoms with Crippen molar-refractivity contribution in [3.05, 3.63) is 29.1 Å². The third-order valence-corrected chi connectivity index (χ3v) is 5.09. The Labute approximate surface area is 134 Å². The average Bonchev–Trinajstić information content (AvgIpc) is 2.48. The Morgan fingerprint density at radius 2 is 2.05 bits per heavy atom. The van der Waals surface area contributed by atoms with E-state index in [1.807, 2.05) is 13.0 Å². The summed E-state index contributed by atoms with van der Waals surface area (Å²) >= 11 is 3.42. The number of alkyl halides is 1. The molecule has 0 fully saturated rings. The third-order valence-electron chi connectivity index (χ3n) is 4.53. The van der Waals surface area contributed by atoms with Crippen LogP contribution in [0.15, 0.2) is 12.1 Å². The zero-order valence-electron chi connectivity index (χ0n) is 12.7. The molecule has 0 spiro atoms. The zero-order valence-corrected chi connectivity index (χ0v) is 14.3. The minimum absolute atomic E-state index is 0.224. The number of ether oxygens (including phenoxy) is 1. The van der Waals surface area contributed by atoms with Gasteiger partial charge in [-0.1, -0.05) is 28.8 Å². The van der Waals surface area contributed by atoms with E-state index in [-0.39, 0.29) is 11.6 Å². The van der Waals surface area contributed by atoms with Crippen molar-refractivity contribution in [1.29, 1.82) is 0 Å². The van der Waals surface area contributed by atoms with Crippen molar-refractivity contribution in [2.24, 2.45) is 0 Å². The fourth-order valence-corrected chi connectivity index (χ4v) is 3.56. The summed E-state index contributed by atoms with van der Waals surface area (Å²) in [4.78, 5) is 12.5. The molecule has 2 rings (SSSR count). The second-order valence-electron chi connectivity index (χ2n) is 5.89. The maximum absolute atomic E-state index is 14.2. The zero-order chi connectivity index (χ0) is 15.5. The molecule has 0 amide bonds. The number of ketones is 1. The van der Waals surface area contributed by atoms with Gasteiger partial charge in [-0.25, -0.2) is 4.39 Å².